The Morgan fingerprint density at radius 1 is 0.381 bits per heavy atom. The number of allylic oxidation sites excluding steroid dienone is 1. The minimum Gasteiger partial charge on any atom is -0.309 e. The molecule has 0 fully saturated rings. The Balaban J connectivity index is 1.02. The first-order chi connectivity index (χ1) is 31.1. The summed E-state index contributed by atoms with van der Waals surface area (Å²) in [4.78, 5) is 5.32. The molecule has 0 amide bonds. The summed E-state index contributed by atoms with van der Waals surface area (Å²) in [6, 6.07) is 83.4. The summed E-state index contributed by atoms with van der Waals surface area (Å²) in [5, 5.41) is 13.9. The van der Waals surface area contributed by atoms with Crippen LogP contribution >= 0.6 is 0 Å². The van der Waals surface area contributed by atoms with Gasteiger partial charge < -0.3 is 9.98 Å². The fourth-order valence-electron chi connectivity index (χ4n) is 8.95. The highest BCUT2D eigenvalue weighted by Crippen LogP contribution is 2.38. The minimum atomic E-state index is 0.473. The zero-order chi connectivity index (χ0) is 42.1. The molecule has 0 bridgehead atoms. The van der Waals surface area contributed by atoms with E-state index < -0.39 is 0 Å². The lowest BCUT2D eigenvalue weighted by molar-refractivity contribution is 1.18. The average molecular weight is 804 g/mol. The van der Waals surface area contributed by atoms with Gasteiger partial charge in [-0.25, -0.2) is 4.98 Å². The third-order valence-electron chi connectivity index (χ3n) is 12.0. The predicted molar refractivity (Wildman–Crippen MR) is 265 cm³/mol. The van der Waals surface area contributed by atoms with Gasteiger partial charge in [0.05, 0.1) is 28.1 Å². The Morgan fingerprint density at radius 3 is 1.63 bits per heavy atom. The summed E-state index contributed by atoms with van der Waals surface area (Å²) in [6.07, 6.45) is 2.01. The maximum absolute atomic E-state index is 9.11. The summed E-state index contributed by atoms with van der Waals surface area (Å²) in [6.45, 7) is 0. The van der Waals surface area contributed by atoms with Crippen LogP contribution in [0, 0.1) is 5.41 Å². The summed E-state index contributed by atoms with van der Waals surface area (Å²) in [7, 11) is 0. The van der Waals surface area contributed by atoms with Crippen LogP contribution in [0.15, 0.2) is 243 Å². The Labute approximate surface area is 367 Å². The number of fused-ring (bicyclic) bond motifs is 4. The number of rotatable bonds is 9. The molecule has 0 spiro atoms. The average Bonchev–Trinajstić information content (AvgIpc) is 3.70. The summed E-state index contributed by atoms with van der Waals surface area (Å²) in [5.74, 6) is 0. The number of hydrogen-bond acceptors (Lipinski definition) is 2. The van der Waals surface area contributed by atoms with E-state index in [4.69, 9.17) is 10.4 Å². The Bertz CT molecular complexity index is 3460. The first-order valence-corrected chi connectivity index (χ1v) is 21.4. The molecule has 0 aliphatic rings. The van der Waals surface area contributed by atoms with E-state index in [9.17, 15) is 0 Å². The molecule has 0 atom stereocenters. The lowest BCUT2D eigenvalue weighted by Crippen LogP contribution is -1.98. The van der Waals surface area contributed by atoms with E-state index >= 15 is 0 Å². The van der Waals surface area contributed by atoms with E-state index in [1.165, 1.54) is 21.8 Å². The molecule has 1 N–H and O–H groups in total. The summed E-state index contributed by atoms with van der Waals surface area (Å²) in [5.41, 5.74) is 16.4. The SMILES string of the molecule is N=C(/C=C(/c1ccccc1)c1cccc2ccc(-c3cccc(-c4cc(-c5ccccc5)nc(-c5cccc(-n6c7ccccc7c7ccccc76)c5)c4)c3)cc12)c1ccccc1. The molecule has 0 saturated carbocycles. The van der Waals surface area contributed by atoms with Gasteiger partial charge in [0.2, 0.25) is 0 Å². The summed E-state index contributed by atoms with van der Waals surface area (Å²) >= 11 is 0. The Hall–Kier alpha value is -8.40. The van der Waals surface area contributed by atoms with Crippen molar-refractivity contribution < 1.29 is 0 Å². The second-order valence-corrected chi connectivity index (χ2v) is 15.9. The number of nitrogens with one attached hydrogen (secondary N) is 1. The molecule has 0 saturated heterocycles. The fourth-order valence-corrected chi connectivity index (χ4v) is 8.95. The molecular formula is C60H41N3. The number of hydrogen-bond donors (Lipinski definition) is 1. The molecule has 0 aliphatic heterocycles. The Kier molecular flexibility index (Phi) is 9.68. The van der Waals surface area contributed by atoms with Gasteiger partial charge in [0, 0.05) is 27.6 Å². The van der Waals surface area contributed by atoms with Crippen molar-refractivity contribution in [3.63, 3.8) is 0 Å². The van der Waals surface area contributed by atoms with Crippen LogP contribution in [0.5, 0.6) is 0 Å². The molecule has 11 rings (SSSR count). The van der Waals surface area contributed by atoms with E-state index in [-0.39, 0.29) is 0 Å². The van der Waals surface area contributed by atoms with Gasteiger partial charge in [0.25, 0.3) is 0 Å². The highest BCUT2D eigenvalue weighted by atomic mass is 15.0. The van der Waals surface area contributed by atoms with Crippen molar-refractivity contribution in [3.8, 4) is 50.5 Å². The number of pyridine rings is 1. The number of nitrogens with zero attached hydrogens (tertiary/aromatic N) is 2. The fraction of sp³-hybridized carbons (Fsp3) is 0. The monoisotopic (exact) mass is 803 g/mol. The smallest absolute Gasteiger partial charge is 0.0716 e. The third kappa shape index (κ3) is 7.22. The highest BCUT2D eigenvalue weighted by molar-refractivity contribution is 6.14. The molecular weight excluding hydrogens is 763 g/mol. The van der Waals surface area contributed by atoms with Crippen LogP contribution in [-0.2, 0) is 0 Å². The Morgan fingerprint density at radius 2 is 0.921 bits per heavy atom. The minimum absolute atomic E-state index is 0.473. The van der Waals surface area contributed by atoms with Crippen LogP contribution in [0.1, 0.15) is 16.7 Å². The quantitative estimate of drug-likeness (QED) is 0.145. The number of para-hydroxylation sites is 2. The molecule has 3 nitrogen and oxygen atoms in total. The van der Waals surface area contributed by atoms with Gasteiger partial charge in [-0.1, -0.05) is 188 Å². The molecule has 11 aromatic rings. The van der Waals surface area contributed by atoms with Gasteiger partial charge >= 0.3 is 0 Å². The molecule has 2 aromatic heterocycles. The molecule has 0 unspecified atom stereocenters. The van der Waals surface area contributed by atoms with Crippen molar-refractivity contribution in [2.45, 2.75) is 0 Å². The van der Waals surface area contributed by atoms with Gasteiger partial charge in [-0.05, 0) is 110 Å². The normalized spacial score (nSPS) is 11.7. The lowest BCUT2D eigenvalue weighted by atomic mass is 9.89. The van der Waals surface area contributed by atoms with Crippen LogP contribution in [0.2, 0.25) is 0 Å². The van der Waals surface area contributed by atoms with E-state index in [1.807, 2.05) is 48.5 Å². The van der Waals surface area contributed by atoms with Crippen LogP contribution in [0.25, 0.3) is 88.6 Å². The first kappa shape index (κ1) is 37.6. The topological polar surface area (TPSA) is 41.7 Å². The zero-order valence-electron chi connectivity index (χ0n) is 34.5. The standard InChI is InChI=1S/C60H41N3/c61-56(43-19-6-2-7-20-43)40-55(41-17-4-1-5-18-41)51-30-16-23-42-33-34-47(37-54(42)51)45-24-14-25-46(35-45)49-38-57(44-21-8-3-9-22-44)62-58(39-49)48-26-15-27-50(36-48)63-59-31-12-10-28-52(59)53-29-11-13-32-60(53)63/h1-40,61H/b55-40-,61-56?. The second-order valence-electron chi connectivity index (χ2n) is 15.9. The van der Waals surface area contributed by atoms with Crippen molar-refractivity contribution >= 4 is 43.9 Å². The maximum atomic E-state index is 9.11. The van der Waals surface area contributed by atoms with Gasteiger partial charge in [0.1, 0.15) is 0 Å². The number of aromatic nitrogens is 2. The van der Waals surface area contributed by atoms with Gasteiger partial charge in [-0.15, -0.1) is 0 Å². The van der Waals surface area contributed by atoms with Crippen molar-refractivity contribution in [3.05, 3.63) is 259 Å². The molecule has 296 valence electrons. The van der Waals surface area contributed by atoms with Gasteiger partial charge in [-0.3, -0.25) is 0 Å². The van der Waals surface area contributed by atoms with E-state index in [0.717, 1.165) is 83.5 Å². The van der Waals surface area contributed by atoms with E-state index in [2.05, 4.69) is 199 Å². The molecule has 63 heavy (non-hydrogen) atoms. The largest absolute Gasteiger partial charge is 0.309 e. The predicted octanol–water partition coefficient (Wildman–Crippen LogP) is 15.5. The lowest BCUT2D eigenvalue weighted by Gasteiger charge is -2.15. The second kappa shape index (κ2) is 16.2. The van der Waals surface area contributed by atoms with E-state index in [1.54, 1.807) is 0 Å². The highest BCUT2D eigenvalue weighted by Gasteiger charge is 2.16. The van der Waals surface area contributed by atoms with E-state index in [0.29, 0.717) is 5.71 Å². The molecule has 2 heterocycles. The summed E-state index contributed by atoms with van der Waals surface area (Å²) < 4.78 is 2.36. The molecule has 0 radical (unpaired) electrons. The van der Waals surface area contributed by atoms with Crippen LogP contribution in [0.3, 0.4) is 0 Å². The van der Waals surface area contributed by atoms with Gasteiger partial charge in [-0.2, -0.15) is 0 Å². The third-order valence-corrected chi connectivity index (χ3v) is 12.0. The van der Waals surface area contributed by atoms with Crippen molar-refractivity contribution in [2.24, 2.45) is 0 Å². The van der Waals surface area contributed by atoms with Crippen molar-refractivity contribution in [1.82, 2.24) is 9.55 Å². The maximum Gasteiger partial charge on any atom is 0.0716 e. The molecule has 9 aromatic carbocycles. The molecule has 0 aliphatic carbocycles. The number of benzene rings is 9. The van der Waals surface area contributed by atoms with Crippen molar-refractivity contribution in [2.75, 3.05) is 0 Å². The van der Waals surface area contributed by atoms with Crippen LogP contribution in [0.4, 0.5) is 0 Å². The van der Waals surface area contributed by atoms with Crippen LogP contribution < -0.4 is 0 Å². The van der Waals surface area contributed by atoms with Crippen LogP contribution in [-0.4, -0.2) is 15.3 Å². The van der Waals surface area contributed by atoms with Crippen molar-refractivity contribution in [1.29, 1.82) is 5.41 Å². The first-order valence-electron chi connectivity index (χ1n) is 21.4. The van der Waals surface area contributed by atoms with Gasteiger partial charge in [0.15, 0.2) is 0 Å². The molecule has 3 heteroatoms. The zero-order valence-corrected chi connectivity index (χ0v) is 34.5.